The minimum absolute atomic E-state index is 0.0141. The van der Waals surface area contributed by atoms with Gasteiger partial charge in [0.2, 0.25) is 11.8 Å². The van der Waals surface area contributed by atoms with Crippen molar-refractivity contribution in [3.63, 3.8) is 0 Å². The number of hydrogen-bond acceptors (Lipinski definition) is 7. The van der Waals surface area contributed by atoms with Crippen molar-refractivity contribution in [1.29, 1.82) is 0 Å². The average molecular weight is 438 g/mol. The van der Waals surface area contributed by atoms with Gasteiger partial charge in [0.25, 0.3) is 5.91 Å². The number of rotatable bonds is 8. The van der Waals surface area contributed by atoms with E-state index in [2.05, 4.69) is 20.3 Å². The molecule has 2 aromatic heterocycles. The second-order valence-corrected chi connectivity index (χ2v) is 8.45. The Labute approximate surface area is 186 Å². The number of fused-ring (bicyclic) bond motifs is 2. The first-order valence-electron chi connectivity index (χ1n) is 10.8. The highest BCUT2D eigenvalue weighted by Crippen LogP contribution is 2.58. The molecule has 0 bridgehead atoms. The molecule has 1 aromatic carbocycles. The van der Waals surface area contributed by atoms with Crippen LogP contribution in [0.5, 0.6) is 11.6 Å². The summed E-state index contributed by atoms with van der Waals surface area (Å²) in [6.07, 6.45) is 2.94. The van der Waals surface area contributed by atoms with Gasteiger partial charge in [0, 0.05) is 37.4 Å². The number of carbonyl (C=O) groups excluding carboxylic acids is 1. The van der Waals surface area contributed by atoms with Crippen molar-refractivity contribution in [2.75, 3.05) is 45.8 Å². The molecule has 0 radical (unpaired) electrons. The van der Waals surface area contributed by atoms with Crippen molar-refractivity contribution < 1.29 is 19.0 Å². The molecule has 3 aromatic rings. The summed E-state index contributed by atoms with van der Waals surface area (Å²) in [6, 6.07) is 7.26. The standard InChI is InChI=1S/C23H27N5O4/c1-4-32-20-16-7-8-24-19(16)26-22(27-20)25-17-6-5-14(9-18(17)31-3)21(29)28-11-15-10-23(15,12-28)13-30-2/h5-9,15H,4,10-13H2,1-3H3,(H2,24,25,26,27). The molecule has 2 N–H and O–H groups in total. The van der Waals surface area contributed by atoms with E-state index < -0.39 is 0 Å². The Morgan fingerprint density at radius 3 is 2.97 bits per heavy atom. The molecule has 1 saturated heterocycles. The topological polar surface area (TPSA) is 102 Å². The number of amides is 1. The van der Waals surface area contributed by atoms with Crippen molar-refractivity contribution in [3.05, 3.63) is 36.0 Å². The first-order chi connectivity index (χ1) is 15.6. The number of ether oxygens (including phenoxy) is 3. The zero-order chi connectivity index (χ0) is 22.3. The summed E-state index contributed by atoms with van der Waals surface area (Å²) >= 11 is 0. The number of piperidine rings is 1. The average Bonchev–Trinajstić information content (AvgIpc) is 3.12. The smallest absolute Gasteiger partial charge is 0.254 e. The second kappa shape index (κ2) is 7.98. The predicted octanol–water partition coefficient (Wildman–Crippen LogP) is 3.22. The summed E-state index contributed by atoms with van der Waals surface area (Å²) in [7, 11) is 3.30. The van der Waals surface area contributed by atoms with Crippen molar-refractivity contribution in [2.24, 2.45) is 11.3 Å². The molecule has 5 rings (SSSR count). The maximum atomic E-state index is 13.1. The molecule has 9 nitrogen and oxygen atoms in total. The number of methoxy groups -OCH3 is 2. The van der Waals surface area contributed by atoms with E-state index in [4.69, 9.17) is 14.2 Å². The molecule has 168 valence electrons. The lowest BCUT2D eigenvalue weighted by Crippen LogP contribution is -2.32. The quantitative estimate of drug-likeness (QED) is 0.558. The number of aromatic nitrogens is 3. The minimum atomic E-state index is 0.0141. The number of benzene rings is 1. The lowest BCUT2D eigenvalue weighted by atomic mass is 10.1. The number of carbonyl (C=O) groups is 1. The highest BCUT2D eigenvalue weighted by molar-refractivity contribution is 5.96. The van der Waals surface area contributed by atoms with E-state index in [1.807, 2.05) is 24.0 Å². The van der Waals surface area contributed by atoms with Gasteiger partial charge >= 0.3 is 0 Å². The van der Waals surface area contributed by atoms with Gasteiger partial charge in [0.05, 0.1) is 31.4 Å². The molecule has 1 aliphatic carbocycles. The van der Waals surface area contributed by atoms with Crippen molar-refractivity contribution >= 4 is 28.6 Å². The maximum Gasteiger partial charge on any atom is 0.254 e. The van der Waals surface area contributed by atoms with Crippen molar-refractivity contribution in [3.8, 4) is 11.6 Å². The normalized spacial score (nSPS) is 21.5. The van der Waals surface area contributed by atoms with Crippen LogP contribution in [0.15, 0.2) is 30.5 Å². The monoisotopic (exact) mass is 437 g/mol. The van der Waals surface area contributed by atoms with Gasteiger partial charge < -0.3 is 29.4 Å². The lowest BCUT2D eigenvalue weighted by Gasteiger charge is -2.21. The lowest BCUT2D eigenvalue weighted by molar-refractivity contribution is 0.0734. The van der Waals surface area contributed by atoms with Crippen LogP contribution < -0.4 is 14.8 Å². The SMILES string of the molecule is CCOc1nc(Nc2ccc(C(=O)N3CC4CC4(COC)C3)cc2OC)nc2[nH]ccc12. The fourth-order valence-corrected chi connectivity index (χ4v) is 4.71. The van der Waals surface area contributed by atoms with E-state index in [0.29, 0.717) is 53.6 Å². The van der Waals surface area contributed by atoms with E-state index in [1.54, 1.807) is 32.5 Å². The van der Waals surface area contributed by atoms with Gasteiger partial charge in [-0.25, -0.2) is 0 Å². The summed E-state index contributed by atoms with van der Waals surface area (Å²) in [5.74, 6) is 1.99. The summed E-state index contributed by atoms with van der Waals surface area (Å²) < 4.78 is 16.6. The summed E-state index contributed by atoms with van der Waals surface area (Å²) in [5.41, 5.74) is 2.09. The molecule has 32 heavy (non-hydrogen) atoms. The van der Waals surface area contributed by atoms with Crippen LogP contribution in [0, 0.1) is 11.3 Å². The van der Waals surface area contributed by atoms with E-state index >= 15 is 0 Å². The first-order valence-corrected chi connectivity index (χ1v) is 10.8. The molecule has 2 fully saturated rings. The van der Waals surface area contributed by atoms with Gasteiger partial charge in [0.1, 0.15) is 11.4 Å². The Hall–Kier alpha value is -3.33. The maximum absolute atomic E-state index is 13.1. The van der Waals surface area contributed by atoms with Gasteiger partial charge in [0.15, 0.2) is 0 Å². The Morgan fingerprint density at radius 2 is 2.19 bits per heavy atom. The molecule has 2 atom stereocenters. The third-order valence-corrected chi connectivity index (χ3v) is 6.38. The highest BCUT2D eigenvalue weighted by Gasteiger charge is 2.60. The van der Waals surface area contributed by atoms with Crippen LogP contribution in [0.3, 0.4) is 0 Å². The molecule has 1 amide bonds. The van der Waals surface area contributed by atoms with Crippen LogP contribution in [0.4, 0.5) is 11.6 Å². The van der Waals surface area contributed by atoms with Gasteiger partial charge in [-0.2, -0.15) is 9.97 Å². The molecule has 2 aliphatic rings. The van der Waals surface area contributed by atoms with Crippen LogP contribution in [0.2, 0.25) is 0 Å². The van der Waals surface area contributed by atoms with Crippen LogP contribution in [-0.4, -0.2) is 66.3 Å². The number of nitrogens with one attached hydrogen (secondary N) is 2. The third kappa shape index (κ3) is 3.52. The summed E-state index contributed by atoms with van der Waals surface area (Å²) in [6.45, 7) is 4.65. The molecule has 9 heteroatoms. The van der Waals surface area contributed by atoms with Gasteiger partial charge in [-0.15, -0.1) is 0 Å². The number of hydrogen-bond donors (Lipinski definition) is 2. The molecule has 2 unspecified atom stereocenters. The van der Waals surface area contributed by atoms with E-state index in [-0.39, 0.29) is 11.3 Å². The number of anilines is 2. The Bertz CT molecular complexity index is 1160. The largest absolute Gasteiger partial charge is 0.495 e. The number of nitrogens with zero attached hydrogens (tertiary/aromatic N) is 3. The second-order valence-electron chi connectivity index (χ2n) is 8.45. The number of H-pyrrole nitrogens is 1. The Kier molecular flexibility index (Phi) is 5.13. The number of aromatic amines is 1. The number of likely N-dealkylation sites (tertiary alicyclic amines) is 1. The van der Waals surface area contributed by atoms with Crippen molar-refractivity contribution in [2.45, 2.75) is 13.3 Å². The Balaban J connectivity index is 1.36. The third-order valence-electron chi connectivity index (χ3n) is 6.38. The molecule has 1 aliphatic heterocycles. The van der Waals surface area contributed by atoms with Gasteiger partial charge in [-0.05, 0) is 43.5 Å². The van der Waals surface area contributed by atoms with E-state index in [0.717, 1.165) is 24.9 Å². The van der Waals surface area contributed by atoms with Crippen LogP contribution >= 0.6 is 0 Å². The highest BCUT2D eigenvalue weighted by atomic mass is 16.5. The predicted molar refractivity (Wildman–Crippen MR) is 120 cm³/mol. The molecule has 3 heterocycles. The molecular formula is C23H27N5O4. The van der Waals surface area contributed by atoms with Gasteiger partial charge in [-0.1, -0.05) is 0 Å². The Morgan fingerprint density at radius 1 is 1.31 bits per heavy atom. The minimum Gasteiger partial charge on any atom is -0.495 e. The first kappa shape index (κ1) is 20.6. The molecule has 0 spiro atoms. The van der Waals surface area contributed by atoms with E-state index in [1.165, 1.54) is 0 Å². The fraction of sp³-hybridized carbons (Fsp3) is 0.435. The fourth-order valence-electron chi connectivity index (χ4n) is 4.71. The van der Waals surface area contributed by atoms with Gasteiger partial charge in [-0.3, -0.25) is 4.79 Å². The van der Waals surface area contributed by atoms with Crippen LogP contribution in [0.25, 0.3) is 11.0 Å². The summed E-state index contributed by atoms with van der Waals surface area (Å²) in [4.78, 5) is 27.1. The molecular weight excluding hydrogens is 410 g/mol. The molecule has 1 saturated carbocycles. The zero-order valence-corrected chi connectivity index (χ0v) is 18.5. The van der Waals surface area contributed by atoms with Crippen LogP contribution in [0.1, 0.15) is 23.7 Å². The van der Waals surface area contributed by atoms with Crippen molar-refractivity contribution in [1.82, 2.24) is 19.9 Å². The van der Waals surface area contributed by atoms with Crippen LogP contribution in [-0.2, 0) is 4.74 Å². The van der Waals surface area contributed by atoms with E-state index in [9.17, 15) is 4.79 Å². The summed E-state index contributed by atoms with van der Waals surface area (Å²) in [5, 5.41) is 4.01. The zero-order valence-electron chi connectivity index (χ0n) is 18.5.